The van der Waals surface area contributed by atoms with Crippen LogP contribution in [0.25, 0.3) is 11.2 Å². The number of nitrogens with zero attached hydrogens (tertiary/aromatic N) is 4. The fourth-order valence-corrected chi connectivity index (χ4v) is 5.87. The number of carbonyl (C=O) groups excluding carboxylic acids is 2. The molecule has 1 aromatic carbocycles. The molecule has 2 amide bonds. The van der Waals surface area contributed by atoms with E-state index in [4.69, 9.17) is 4.74 Å². The number of rotatable bonds is 17. The van der Waals surface area contributed by atoms with E-state index >= 15 is 0 Å². The molecule has 0 aliphatic carbocycles. The van der Waals surface area contributed by atoms with Gasteiger partial charge in [-0.05, 0) is 24.1 Å². The van der Waals surface area contributed by atoms with Gasteiger partial charge in [0.15, 0.2) is 23.2 Å². The summed E-state index contributed by atoms with van der Waals surface area (Å²) >= 11 is 1.53. The first-order valence-electron chi connectivity index (χ1n) is 15.0. The second-order valence-corrected chi connectivity index (χ2v) is 11.9. The molecular formula is C30H43N7O5S. The topological polar surface area (TPSA) is 164 Å². The molecule has 0 radical (unpaired) electrons. The van der Waals surface area contributed by atoms with Crippen LogP contribution >= 0.6 is 11.8 Å². The highest BCUT2D eigenvalue weighted by atomic mass is 32.2. The fraction of sp³-hybridized carbons (Fsp3) is 0.567. The van der Waals surface area contributed by atoms with Crippen LogP contribution in [0.5, 0.6) is 0 Å². The Morgan fingerprint density at radius 3 is 2.56 bits per heavy atom. The SMILES string of the molecule is CCCCCCCCC(=O)Nc1ccc(CNc2ncnc3c2ncn3[C@@H]2O[C@H](CSCCNC(C)=O)[C@@H](O)[C@H]2O)cc1. The molecule has 1 aliphatic heterocycles. The molecule has 13 heteroatoms. The Labute approximate surface area is 256 Å². The van der Waals surface area contributed by atoms with E-state index in [0.29, 0.717) is 48.0 Å². The molecular weight excluding hydrogens is 570 g/mol. The van der Waals surface area contributed by atoms with Gasteiger partial charge in [0, 0.05) is 43.6 Å². The first kappa shape index (κ1) is 32.6. The maximum absolute atomic E-state index is 12.3. The minimum Gasteiger partial charge on any atom is -0.387 e. The normalized spacial score (nSPS) is 19.9. The number of hydrogen-bond donors (Lipinski definition) is 5. The molecule has 0 saturated carbocycles. The summed E-state index contributed by atoms with van der Waals surface area (Å²) in [5.41, 5.74) is 2.75. The quantitative estimate of drug-likeness (QED) is 0.142. The first-order chi connectivity index (χ1) is 20.9. The molecule has 5 N–H and O–H groups in total. The number of thioether (sulfide) groups is 1. The van der Waals surface area contributed by atoms with Crippen molar-refractivity contribution in [1.29, 1.82) is 0 Å². The van der Waals surface area contributed by atoms with Crippen LogP contribution in [0.1, 0.15) is 70.6 Å². The number of imidazole rings is 1. The van der Waals surface area contributed by atoms with Crippen LogP contribution in [0.2, 0.25) is 0 Å². The number of carbonyl (C=O) groups is 2. The average Bonchev–Trinajstić information content (AvgIpc) is 3.55. The minimum atomic E-state index is -1.16. The average molecular weight is 614 g/mol. The van der Waals surface area contributed by atoms with Crippen molar-refractivity contribution in [3.8, 4) is 0 Å². The molecule has 2 aromatic heterocycles. The zero-order valence-corrected chi connectivity index (χ0v) is 25.7. The third-order valence-corrected chi connectivity index (χ3v) is 8.38. The minimum absolute atomic E-state index is 0.0382. The third kappa shape index (κ3) is 9.36. The van der Waals surface area contributed by atoms with Crippen LogP contribution in [0, 0.1) is 0 Å². The lowest BCUT2D eigenvalue weighted by atomic mass is 10.1. The van der Waals surface area contributed by atoms with E-state index in [1.54, 1.807) is 4.57 Å². The summed E-state index contributed by atoms with van der Waals surface area (Å²) < 4.78 is 7.63. The van der Waals surface area contributed by atoms with Crippen molar-refractivity contribution in [3.05, 3.63) is 42.5 Å². The van der Waals surface area contributed by atoms with Gasteiger partial charge in [0.05, 0.1) is 12.4 Å². The van der Waals surface area contributed by atoms with Crippen LogP contribution in [-0.4, -0.2) is 77.9 Å². The lowest BCUT2D eigenvalue weighted by Crippen LogP contribution is -2.33. The largest absolute Gasteiger partial charge is 0.387 e. The second-order valence-electron chi connectivity index (χ2n) is 10.8. The number of aromatic nitrogens is 4. The molecule has 1 fully saturated rings. The van der Waals surface area contributed by atoms with Crippen molar-refractivity contribution in [2.24, 2.45) is 0 Å². The first-order valence-corrected chi connectivity index (χ1v) is 16.2. The van der Waals surface area contributed by atoms with Gasteiger partial charge in [-0.25, -0.2) is 15.0 Å². The van der Waals surface area contributed by atoms with E-state index in [-0.39, 0.29) is 11.8 Å². The molecule has 3 aromatic rings. The fourth-order valence-electron chi connectivity index (χ4n) is 4.94. The Morgan fingerprint density at radius 1 is 1.02 bits per heavy atom. The van der Waals surface area contributed by atoms with Gasteiger partial charge in [0.2, 0.25) is 11.8 Å². The van der Waals surface area contributed by atoms with Gasteiger partial charge in [0.1, 0.15) is 18.5 Å². The van der Waals surface area contributed by atoms with Crippen LogP contribution in [0.15, 0.2) is 36.9 Å². The van der Waals surface area contributed by atoms with Crippen LogP contribution < -0.4 is 16.0 Å². The molecule has 1 saturated heterocycles. The lowest BCUT2D eigenvalue weighted by molar-refractivity contribution is -0.119. The van der Waals surface area contributed by atoms with Crippen molar-refractivity contribution in [2.45, 2.75) is 89.9 Å². The van der Waals surface area contributed by atoms with Gasteiger partial charge < -0.3 is 30.9 Å². The number of anilines is 2. The van der Waals surface area contributed by atoms with E-state index < -0.39 is 24.5 Å². The van der Waals surface area contributed by atoms with E-state index in [0.717, 1.165) is 24.1 Å². The lowest BCUT2D eigenvalue weighted by Gasteiger charge is -2.16. The summed E-state index contributed by atoms with van der Waals surface area (Å²) in [7, 11) is 0. The van der Waals surface area contributed by atoms with Gasteiger partial charge >= 0.3 is 0 Å². The molecule has 4 rings (SSSR count). The summed E-state index contributed by atoms with van der Waals surface area (Å²) in [5.74, 6) is 1.60. The maximum atomic E-state index is 12.3. The van der Waals surface area contributed by atoms with E-state index in [2.05, 4.69) is 37.8 Å². The summed E-state index contributed by atoms with van der Waals surface area (Å²) in [4.78, 5) is 36.5. The smallest absolute Gasteiger partial charge is 0.224 e. The highest BCUT2D eigenvalue weighted by Crippen LogP contribution is 2.33. The molecule has 0 spiro atoms. The van der Waals surface area contributed by atoms with Crippen LogP contribution in [-0.2, 0) is 20.9 Å². The number of unbranched alkanes of at least 4 members (excludes halogenated alkanes) is 5. The number of hydrogen-bond acceptors (Lipinski definition) is 10. The molecule has 3 heterocycles. The van der Waals surface area contributed by atoms with Crippen molar-refractivity contribution in [2.75, 3.05) is 28.7 Å². The van der Waals surface area contributed by atoms with E-state index in [1.807, 2.05) is 24.3 Å². The number of ether oxygens (including phenoxy) is 1. The Kier molecular flexibility index (Phi) is 12.6. The summed E-state index contributed by atoms with van der Waals surface area (Å²) in [6.45, 7) is 4.66. The van der Waals surface area contributed by atoms with Gasteiger partial charge in [-0.1, -0.05) is 51.2 Å². The van der Waals surface area contributed by atoms with Crippen LogP contribution in [0.4, 0.5) is 11.5 Å². The van der Waals surface area contributed by atoms with Crippen molar-refractivity contribution < 1.29 is 24.5 Å². The predicted molar refractivity (Wildman–Crippen MR) is 168 cm³/mol. The standard InChI is InChI=1S/C30H43N7O5S/c1-3-4-5-6-7-8-9-24(39)36-22-12-10-21(11-13-22)16-32-28-25-29(34-18-33-28)37(19-35-25)30-27(41)26(40)23(42-30)17-43-15-14-31-20(2)38/h10-13,18-19,23,26-27,30,40-41H,3-9,14-17H2,1-2H3,(H,31,38)(H,36,39)(H,32,33,34)/t23-,26-,27-,30-/m1/s1. The third-order valence-electron chi connectivity index (χ3n) is 7.33. The zero-order chi connectivity index (χ0) is 30.6. The second kappa shape index (κ2) is 16.6. The molecule has 0 unspecified atom stereocenters. The van der Waals surface area contributed by atoms with Crippen molar-refractivity contribution in [3.63, 3.8) is 0 Å². The van der Waals surface area contributed by atoms with E-state index in [9.17, 15) is 19.8 Å². The van der Waals surface area contributed by atoms with Gasteiger partial charge in [-0.15, -0.1) is 0 Å². The Morgan fingerprint density at radius 2 is 1.79 bits per heavy atom. The number of fused-ring (bicyclic) bond motifs is 1. The Hall–Kier alpha value is -3.26. The number of aliphatic hydroxyl groups is 2. The maximum Gasteiger partial charge on any atom is 0.224 e. The molecule has 4 atom stereocenters. The molecule has 234 valence electrons. The number of nitrogens with one attached hydrogen (secondary N) is 3. The number of benzene rings is 1. The van der Waals surface area contributed by atoms with E-state index in [1.165, 1.54) is 57.0 Å². The number of amides is 2. The zero-order valence-electron chi connectivity index (χ0n) is 24.9. The Bertz CT molecular complexity index is 1320. The summed E-state index contributed by atoms with van der Waals surface area (Å²) in [5, 5.41) is 30.3. The molecule has 1 aliphatic rings. The van der Waals surface area contributed by atoms with Crippen molar-refractivity contribution >= 4 is 46.2 Å². The number of aliphatic hydroxyl groups excluding tert-OH is 2. The van der Waals surface area contributed by atoms with Gasteiger partial charge in [0.25, 0.3) is 0 Å². The molecule has 0 bridgehead atoms. The highest BCUT2D eigenvalue weighted by Gasteiger charge is 2.44. The van der Waals surface area contributed by atoms with Crippen LogP contribution in [0.3, 0.4) is 0 Å². The molecule has 43 heavy (non-hydrogen) atoms. The summed E-state index contributed by atoms with van der Waals surface area (Å²) in [6, 6.07) is 7.67. The highest BCUT2D eigenvalue weighted by molar-refractivity contribution is 7.99. The monoisotopic (exact) mass is 613 g/mol. The summed E-state index contributed by atoms with van der Waals surface area (Å²) in [6.07, 6.45) is 6.71. The molecule has 12 nitrogen and oxygen atoms in total. The Balaban J connectivity index is 1.28. The van der Waals surface area contributed by atoms with Gasteiger partial charge in [-0.3, -0.25) is 14.2 Å². The van der Waals surface area contributed by atoms with Gasteiger partial charge in [-0.2, -0.15) is 11.8 Å². The van der Waals surface area contributed by atoms with Crippen molar-refractivity contribution in [1.82, 2.24) is 24.8 Å². The predicted octanol–water partition coefficient (Wildman–Crippen LogP) is 3.62.